The monoisotopic (exact) mass is 474 g/mol. The number of rotatable bonds is 9. The number of nitrogens with zero attached hydrogens (tertiary/aromatic N) is 2. The van der Waals surface area contributed by atoms with E-state index in [2.05, 4.69) is 20.5 Å². The highest BCUT2D eigenvalue weighted by atomic mass is 32.1. The van der Waals surface area contributed by atoms with Crippen LogP contribution < -0.4 is 10.6 Å². The molecule has 1 fully saturated rings. The Balaban J connectivity index is 1.29. The van der Waals surface area contributed by atoms with E-state index in [1.807, 2.05) is 36.6 Å². The Hall–Kier alpha value is -2.53. The molecule has 1 unspecified atom stereocenters. The number of morpholine rings is 1. The van der Waals surface area contributed by atoms with Crippen LogP contribution in [0.2, 0.25) is 0 Å². The summed E-state index contributed by atoms with van der Waals surface area (Å²) in [5.74, 6) is 1.46. The van der Waals surface area contributed by atoms with E-state index in [1.54, 1.807) is 16.7 Å². The van der Waals surface area contributed by atoms with Gasteiger partial charge in [-0.2, -0.15) is 0 Å². The summed E-state index contributed by atoms with van der Waals surface area (Å²) in [5, 5.41) is 10.1. The molecule has 10 heteroatoms. The van der Waals surface area contributed by atoms with Crippen molar-refractivity contribution in [3.63, 3.8) is 0 Å². The lowest BCUT2D eigenvalue weighted by molar-refractivity contribution is -0.121. The topological polar surface area (TPSA) is 96.7 Å². The fraction of sp³-hybridized carbons (Fsp3) is 0.409. The van der Waals surface area contributed by atoms with Gasteiger partial charge in [0, 0.05) is 29.9 Å². The molecule has 1 atom stereocenters. The maximum atomic E-state index is 12.6. The van der Waals surface area contributed by atoms with Crippen molar-refractivity contribution in [1.29, 1.82) is 0 Å². The van der Waals surface area contributed by atoms with Gasteiger partial charge in [0.05, 0.1) is 37.8 Å². The summed E-state index contributed by atoms with van der Waals surface area (Å²) in [4.78, 5) is 32.4. The van der Waals surface area contributed by atoms with Crippen molar-refractivity contribution in [2.75, 3.05) is 38.2 Å². The molecular formula is C22H26N4O4S2. The van der Waals surface area contributed by atoms with Gasteiger partial charge < -0.3 is 19.8 Å². The first kappa shape index (κ1) is 22.7. The second kappa shape index (κ2) is 10.9. The van der Waals surface area contributed by atoms with Crippen LogP contribution in [0.15, 0.2) is 39.4 Å². The number of thiophene rings is 1. The fourth-order valence-electron chi connectivity index (χ4n) is 3.55. The lowest BCUT2D eigenvalue weighted by Gasteiger charge is -2.33. The molecule has 1 saturated heterocycles. The molecular weight excluding hydrogens is 448 g/mol. The molecule has 3 aromatic heterocycles. The number of anilines is 1. The Labute approximate surface area is 194 Å². The molecule has 0 saturated carbocycles. The van der Waals surface area contributed by atoms with Gasteiger partial charge in [-0.3, -0.25) is 14.5 Å². The van der Waals surface area contributed by atoms with Crippen molar-refractivity contribution in [2.45, 2.75) is 25.8 Å². The largest absolute Gasteiger partial charge is 0.465 e. The van der Waals surface area contributed by atoms with Gasteiger partial charge in [0.2, 0.25) is 11.8 Å². The van der Waals surface area contributed by atoms with E-state index < -0.39 is 0 Å². The van der Waals surface area contributed by atoms with Crippen LogP contribution in [0, 0.1) is 6.92 Å². The van der Waals surface area contributed by atoms with Gasteiger partial charge in [0.25, 0.3) is 0 Å². The maximum Gasteiger partial charge on any atom is 0.231 e. The highest BCUT2D eigenvalue weighted by molar-refractivity contribution is 7.14. The van der Waals surface area contributed by atoms with Crippen LogP contribution in [-0.4, -0.2) is 54.5 Å². The minimum Gasteiger partial charge on any atom is -0.465 e. The van der Waals surface area contributed by atoms with E-state index in [0.717, 1.165) is 29.5 Å². The molecule has 32 heavy (non-hydrogen) atoms. The maximum absolute atomic E-state index is 12.6. The SMILES string of the molecule is Cc1ccc(C(CNC(=O)Cc2csc(NC(=O)Cc3cccs3)n2)N2CCOCC2)o1. The Morgan fingerprint density at radius 3 is 2.72 bits per heavy atom. The number of amides is 2. The Bertz CT molecular complexity index is 1020. The van der Waals surface area contributed by atoms with Gasteiger partial charge in [-0.1, -0.05) is 6.07 Å². The molecule has 0 aliphatic carbocycles. The number of carbonyl (C=O) groups excluding carboxylic acids is 2. The van der Waals surface area contributed by atoms with Crippen LogP contribution in [0.4, 0.5) is 5.13 Å². The number of hydrogen-bond acceptors (Lipinski definition) is 8. The lowest BCUT2D eigenvalue weighted by Crippen LogP contribution is -2.44. The first-order chi connectivity index (χ1) is 15.6. The minimum absolute atomic E-state index is 0.0425. The average molecular weight is 475 g/mol. The normalized spacial score (nSPS) is 15.4. The molecule has 1 aliphatic heterocycles. The zero-order chi connectivity index (χ0) is 22.3. The number of aromatic nitrogens is 1. The highest BCUT2D eigenvalue weighted by Crippen LogP contribution is 2.23. The Kier molecular flexibility index (Phi) is 7.69. The van der Waals surface area contributed by atoms with E-state index in [9.17, 15) is 9.59 Å². The summed E-state index contributed by atoms with van der Waals surface area (Å²) in [6.07, 6.45) is 0.479. The number of furan rings is 1. The van der Waals surface area contributed by atoms with Crippen molar-refractivity contribution < 1.29 is 18.7 Å². The third-order valence-corrected chi connectivity index (χ3v) is 6.81. The zero-order valence-electron chi connectivity index (χ0n) is 17.8. The van der Waals surface area contributed by atoms with Gasteiger partial charge in [-0.15, -0.1) is 22.7 Å². The number of hydrogen-bond donors (Lipinski definition) is 2. The van der Waals surface area contributed by atoms with Crippen LogP contribution in [0.1, 0.15) is 28.1 Å². The van der Waals surface area contributed by atoms with Gasteiger partial charge in [0.15, 0.2) is 5.13 Å². The van der Waals surface area contributed by atoms with Crippen LogP contribution in [0.3, 0.4) is 0 Å². The molecule has 0 bridgehead atoms. The number of nitrogens with one attached hydrogen (secondary N) is 2. The van der Waals surface area contributed by atoms with Crippen LogP contribution in [-0.2, 0) is 27.2 Å². The van der Waals surface area contributed by atoms with Crippen molar-refractivity contribution in [3.05, 3.63) is 57.1 Å². The first-order valence-electron chi connectivity index (χ1n) is 10.5. The number of ether oxygens (including phenoxy) is 1. The van der Waals surface area contributed by atoms with Gasteiger partial charge in [0.1, 0.15) is 11.5 Å². The van der Waals surface area contributed by atoms with Gasteiger partial charge in [-0.25, -0.2) is 4.98 Å². The standard InChI is InChI=1S/C22H26N4O4S2/c1-15-4-5-19(30-15)18(26-6-8-29-9-7-26)13-23-20(27)11-16-14-32-22(24-16)25-21(28)12-17-3-2-10-31-17/h2-5,10,14,18H,6-9,11-13H2,1H3,(H,23,27)(H,24,25,28). The van der Waals surface area contributed by atoms with E-state index in [-0.39, 0.29) is 24.3 Å². The van der Waals surface area contributed by atoms with E-state index >= 15 is 0 Å². The first-order valence-corrected chi connectivity index (χ1v) is 12.2. The highest BCUT2D eigenvalue weighted by Gasteiger charge is 2.25. The third-order valence-electron chi connectivity index (χ3n) is 5.12. The third kappa shape index (κ3) is 6.26. The molecule has 0 aromatic carbocycles. The number of carbonyl (C=O) groups is 2. The lowest BCUT2D eigenvalue weighted by atomic mass is 10.1. The fourth-order valence-corrected chi connectivity index (χ4v) is 4.98. The minimum atomic E-state index is -0.117. The smallest absolute Gasteiger partial charge is 0.231 e. The van der Waals surface area contributed by atoms with Crippen LogP contribution in [0.5, 0.6) is 0 Å². The quantitative estimate of drug-likeness (QED) is 0.495. The van der Waals surface area contributed by atoms with Crippen LogP contribution >= 0.6 is 22.7 Å². The van der Waals surface area contributed by atoms with E-state index in [4.69, 9.17) is 9.15 Å². The number of aryl methyl sites for hydroxylation is 1. The van der Waals surface area contributed by atoms with E-state index in [0.29, 0.717) is 37.0 Å². The zero-order valence-corrected chi connectivity index (χ0v) is 19.5. The summed E-state index contributed by atoms with van der Waals surface area (Å²) < 4.78 is 11.3. The van der Waals surface area contributed by atoms with E-state index in [1.165, 1.54) is 11.3 Å². The van der Waals surface area contributed by atoms with Crippen molar-refractivity contribution in [2.24, 2.45) is 0 Å². The predicted molar refractivity (Wildman–Crippen MR) is 124 cm³/mol. The van der Waals surface area contributed by atoms with Crippen molar-refractivity contribution in [3.8, 4) is 0 Å². The second-order valence-electron chi connectivity index (χ2n) is 7.54. The molecule has 3 aromatic rings. The van der Waals surface area contributed by atoms with Crippen LogP contribution in [0.25, 0.3) is 0 Å². The molecule has 4 heterocycles. The molecule has 0 spiro atoms. The van der Waals surface area contributed by atoms with Gasteiger partial charge in [-0.05, 0) is 30.5 Å². The Morgan fingerprint density at radius 2 is 2.00 bits per heavy atom. The summed E-state index contributed by atoms with van der Waals surface area (Å²) in [7, 11) is 0. The summed E-state index contributed by atoms with van der Waals surface area (Å²) in [6, 6.07) is 7.71. The predicted octanol–water partition coefficient (Wildman–Crippen LogP) is 3.02. The second-order valence-corrected chi connectivity index (χ2v) is 9.43. The van der Waals surface area contributed by atoms with Gasteiger partial charge >= 0.3 is 0 Å². The molecule has 4 rings (SSSR count). The summed E-state index contributed by atoms with van der Waals surface area (Å²) in [6.45, 7) is 5.29. The molecule has 170 valence electrons. The Morgan fingerprint density at radius 1 is 1.16 bits per heavy atom. The molecule has 2 N–H and O–H groups in total. The number of thiazole rings is 1. The molecule has 8 nitrogen and oxygen atoms in total. The molecule has 0 radical (unpaired) electrons. The summed E-state index contributed by atoms with van der Waals surface area (Å²) in [5.41, 5.74) is 0.635. The molecule has 2 amide bonds. The average Bonchev–Trinajstić information content (AvgIpc) is 3.53. The summed E-state index contributed by atoms with van der Waals surface area (Å²) >= 11 is 2.87. The molecule has 1 aliphatic rings. The van der Waals surface area contributed by atoms with Crippen molar-refractivity contribution in [1.82, 2.24) is 15.2 Å². The van der Waals surface area contributed by atoms with Crippen molar-refractivity contribution >= 4 is 39.6 Å².